The quantitative estimate of drug-likeness (QED) is 0.294. The predicted octanol–water partition coefficient (Wildman–Crippen LogP) is 6.31. The number of fused-ring (bicyclic) bond motifs is 4. The Labute approximate surface area is 158 Å². The Morgan fingerprint density at radius 1 is 0.792 bits per heavy atom. The van der Waals surface area contributed by atoms with Gasteiger partial charge in [0.15, 0.2) is 0 Å². The fraction of sp³-hybridized carbons (Fsp3) is 0. The van der Waals surface area contributed by atoms with Crippen LogP contribution >= 0.6 is 43.6 Å². The summed E-state index contributed by atoms with van der Waals surface area (Å²) in [5.41, 5.74) is 5.21. The van der Waals surface area contributed by atoms with Gasteiger partial charge in [0, 0.05) is 19.7 Å². The SMILES string of the molecule is Brc1ccc2c3ccc(Br)cc3n(-c3cccc4nsnc34)c2c1. The van der Waals surface area contributed by atoms with Crippen molar-refractivity contribution < 1.29 is 0 Å². The number of nitrogens with zero attached hydrogens (tertiary/aromatic N) is 3. The molecule has 0 aliphatic carbocycles. The molecule has 0 aliphatic rings. The molecule has 5 aromatic rings. The average Bonchev–Trinajstić information content (AvgIpc) is 3.16. The van der Waals surface area contributed by atoms with Crippen LogP contribution in [0.2, 0.25) is 0 Å². The maximum Gasteiger partial charge on any atom is 0.128 e. The van der Waals surface area contributed by atoms with Crippen LogP contribution in [0, 0.1) is 0 Å². The van der Waals surface area contributed by atoms with Crippen molar-refractivity contribution in [1.82, 2.24) is 13.3 Å². The lowest BCUT2D eigenvalue weighted by molar-refractivity contribution is 1.19. The normalized spacial score (nSPS) is 11.8. The summed E-state index contributed by atoms with van der Waals surface area (Å²) in [6, 6.07) is 18.9. The number of hydrogen-bond acceptors (Lipinski definition) is 3. The molecule has 0 N–H and O–H groups in total. The molecule has 2 heterocycles. The molecule has 116 valence electrons. The van der Waals surface area contributed by atoms with Gasteiger partial charge in [-0.15, -0.1) is 0 Å². The Hall–Kier alpha value is -1.76. The molecule has 6 heteroatoms. The van der Waals surface area contributed by atoms with Crippen molar-refractivity contribution >= 4 is 76.4 Å². The molecule has 0 bridgehead atoms. The van der Waals surface area contributed by atoms with Crippen LogP contribution in [0.5, 0.6) is 0 Å². The molecule has 3 aromatic carbocycles. The van der Waals surface area contributed by atoms with E-state index in [1.807, 2.05) is 12.1 Å². The van der Waals surface area contributed by atoms with Crippen molar-refractivity contribution in [3.63, 3.8) is 0 Å². The van der Waals surface area contributed by atoms with Crippen molar-refractivity contribution in [3.8, 4) is 5.69 Å². The largest absolute Gasteiger partial charge is 0.307 e. The summed E-state index contributed by atoms with van der Waals surface area (Å²) in [5.74, 6) is 0. The Balaban J connectivity index is 2.04. The number of benzene rings is 3. The van der Waals surface area contributed by atoms with Crippen LogP contribution in [-0.2, 0) is 0 Å². The van der Waals surface area contributed by atoms with Crippen molar-refractivity contribution in [1.29, 1.82) is 0 Å². The van der Waals surface area contributed by atoms with Crippen LogP contribution < -0.4 is 0 Å². The van der Waals surface area contributed by atoms with Gasteiger partial charge in [0.1, 0.15) is 11.0 Å². The van der Waals surface area contributed by atoms with Gasteiger partial charge in [-0.1, -0.05) is 50.1 Å². The van der Waals surface area contributed by atoms with Crippen LogP contribution in [0.25, 0.3) is 38.5 Å². The second kappa shape index (κ2) is 5.37. The Kier molecular flexibility index (Phi) is 3.26. The molecule has 0 unspecified atom stereocenters. The summed E-state index contributed by atoms with van der Waals surface area (Å²) in [7, 11) is 0. The van der Waals surface area contributed by atoms with Crippen molar-refractivity contribution in [2.24, 2.45) is 0 Å². The first-order valence-electron chi connectivity index (χ1n) is 7.33. The molecular formula is C18H9Br2N3S. The Morgan fingerprint density at radius 2 is 1.46 bits per heavy atom. The highest BCUT2D eigenvalue weighted by Gasteiger charge is 2.16. The zero-order valence-corrected chi connectivity index (χ0v) is 16.2. The summed E-state index contributed by atoms with van der Waals surface area (Å²) in [5, 5.41) is 2.45. The van der Waals surface area contributed by atoms with E-state index in [0.717, 1.165) is 36.7 Å². The Morgan fingerprint density at radius 3 is 2.12 bits per heavy atom. The zero-order valence-electron chi connectivity index (χ0n) is 12.2. The minimum Gasteiger partial charge on any atom is -0.307 e. The van der Waals surface area contributed by atoms with E-state index in [1.54, 1.807) is 0 Å². The lowest BCUT2D eigenvalue weighted by Gasteiger charge is -2.08. The van der Waals surface area contributed by atoms with Crippen molar-refractivity contribution in [2.75, 3.05) is 0 Å². The highest BCUT2D eigenvalue weighted by atomic mass is 79.9. The molecule has 0 radical (unpaired) electrons. The smallest absolute Gasteiger partial charge is 0.128 e. The molecular weight excluding hydrogens is 450 g/mol. The maximum absolute atomic E-state index is 4.52. The highest BCUT2D eigenvalue weighted by Crippen LogP contribution is 2.36. The molecule has 0 saturated carbocycles. The van der Waals surface area contributed by atoms with E-state index in [0.29, 0.717) is 0 Å². The van der Waals surface area contributed by atoms with E-state index in [4.69, 9.17) is 0 Å². The van der Waals surface area contributed by atoms with Crippen molar-refractivity contribution in [2.45, 2.75) is 0 Å². The third-order valence-corrected chi connectivity index (χ3v) is 5.73. The summed E-state index contributed by atoms with van der Waals surface area (Å²) >= 11 is 8.46. The van der Waals surface area contributed by atoms with E-state index in [2.05, 4.69) is 87.6 Å². The lowest BCUT2D eigenvalue weighted by atomic mass is 10.2. The van der Waals surface area contributed by atoms with Gasteiger partial charge in [0.2, 0.25) is 0 Å². The first kappa shape index (κ1) is 14.6. The third kappa shape index (κ3) is 2.06. The molecule has 0 fully saturated rings. The second-order valence-electron chi connectivity index (χ2n) is 5.57. The lowest BCUT2D eigenvalue weighted by Crippen LogP contribution is -1.95. The molecule has 5 rings (SSSR count). The van der Waals surface area contributed by atoms with Gasteiger partial charge < -0.3 is 4.57 Å². The molecule has 0 amide bonds. The van der Waals surface area contributed by atoms with E-state index >= 15 is 0 Å². The fourth-order valence-electron chi connectivity index (χ4n) is 3.20. The number of halogens is 2. The van der Waals surface area contributed by atoms with Crippen LogP contribution in [-0.4, -0.2) is 13.3 Å². The molecule has 0 spiro atoms. The van der Waals surface area contributed by atoms with E-state index in [9.17, 15) is 0 Å². The topological polar surface area (TPSA) is 30.7 Å². The first-order valence-corrected chi connectivity index (χ1v) is 9.65. The van der Waals surface area contributed by atoms with Crippen LogP contribution in [0.1, 0.15) is 0 Å². The molecule has 24 heavy (non-hydrogen) atoms. The molecule has 3 nitrogen and oxygen atoms in total. The van der Waals surface area contributed by atoms with E-state index in [-0.39, 0.29) is 0 Å². The van der Waals surface area contributed by atoms with Crippen LogP contribution in [0.3, 0.4) is 0 Å². The highest BCUT2D eigenvalue weighted by molar-refractivity contribution is 9.10. The minimum atomic E-state index is 0.928. The van der Waals surface area contributed by atoms with E-state index < -0.39 is 0 Å². The monoisotopic (exact) mass is 457 g/mol. The molecule has 0 saturated heterocycles. The standard InChI is InChI=1S/C18H9Br2N3S/c19-10-4-6-12-13-7-5-11(20)9-17(13)23(16(12)8-10)15-3-1-2-14-18(15)22-24-21-14/h1-9H. The van der Waals surface area contributed by atoms with Crippen molar-refractivity contribution in [3.05, 3.63) is 63.5 Å². The van der Waals surface area contributed by atoms with E-state index in [1.165, 1.54) is 22.5 Å². The molecule has 2 aromatic heterocycles. The second-order valence-corrected chi connectivity index (χ2v) is 7.93. The predicted molar refractivity (Wildman–Crippen MR) is 107 cm³/mol. The zero-order chi connectivity index (χ0) is 16.3. The van der Waals surface area contributed by atoms with Crippen LogP contribution in [0.4, 0.5) is 0 Å². The summed E-state index contributed by atoms with van der Waals surface area (Å²) in [6.45, 7) is 0. The summed E-state index contributed by atoms with van der Waals surface area (Å²) in [6.07, 6.45) is 0. The van der Waals surface area contributed by atoms with Gasteiger partial charge in [-0.2, -0.15) is 8.75 Å². The minimum absolute atomic E-state index is 0.928. The maximum atomic E-state index is 4.52. The van der Waals surface area contributed by atoms with Gasteiger partial charge in [-0.3, -0.25) is 0 Å². The summed E-state index contributed by atoms with van der Waals surface area (Å²) < 4.78 is 13.3. The van der Waals surface area contributed by atoms with Gasteiger partial charge in [0.25, 0.3) is 0 Å². The third-order valence-electron chi connectivity index (χ3n) is 4.20. The molecule has 0 atom stereocenters. The molecule has 0 aliphatic heterocycles. The summed E-state index contributed by atoms with van der Waals surface area (Å²) in [4.78, 5) is 0. The van der Waals surface area contributed by atoms with Crippen LogP contribution in [0.15, 0.2) is 63.5 Å². The van der Waals surface area contributed by atoms with Gasteiger partial charge in [-0.05, 0) is 36.4 Å². The van der Waals surface area contributed by atoms with Gasteiger partial charge in [-0.25, -0.2) is 0 Å². The average molecular weight is 459 g/mol. The number of hydrogen-bond donors (Lipinski definition) is 0. The number of aromatic nitrogens is 3. The van der Waals surface area contributed by atoms with Gasteiger partial charge in [0.05, 0.1) is 28.4 Å². The Bertz CT molecular complexity index is 1180. The number of rotatable bonds is 1. The van der Waals surface area contributed by atoms with Gasteiger partial charge >= 0.3 is 0 Å². The first-order chi connectivity index (χ1) is 11.7. The fourth-order valence-corrected chi connectivity index (χ4v) is 4.44.